The number of aryl methyl sites for hydroxylation is 1. The SMILES string of the molecule is Nc1nc2c(s1)CCCC2(N)c1ccccc1Cl. The van der Waals surface area contributed by atoms with E-state index >= 15 is 0 Å². The van der Waals surface area contributed by atoms with Crippen LogP contribution in [0.1, 0.15) is 29.0 Å². The number of nitrogen functional groups attached to an aromatic ring is 1. The molecule has 1 heterocycles. The van der Waals surface area contributed by atoms with Crippen molar-refractivity contribution in [3.05, 3.63) is 45.4 Å². The van der Waals surface area contributed by atoms with Crippen molar-refractivity contribution < 1.29 is 0 Å². The number of rotatable bonds is 1. The fourth-order valence-electron chi connectivity index (χ4n) is 2.62. The molecule has 1 unspecified atom stereocenters. The lowest BCUT2D eigenvalue weighted by Gasteiger charge is -2.33. The molecule has 0 amide bonds. The lowest BCUT2D eigenvalue weighted by Crippen LogP contribution is -2.41. The third-order valence-electron chi connectivity index (χ3n) is 3.47. The van der Waals surface area contributed by atoms with E-state index in [0.717, 1.165) is 30.5 Å². The second kappa shape index (κ2) is 4.23. The predicted molar refractivity (Wildman–Crippen MR) is 75.9 cm³/mol. The van der Waals surface area contributed by atoms with Gasteiger partial charge in [-0.1, -0.05) is 29.8 Å². The summed E-state index contributed by atoms with van der Waals surface area (Å²) in [7, 11) is 0. The summed E-state index contributed by atoms with van der Waals surface area (Å²) in [5, 5.41) is 1.28. The average molecular weight is 280 g/mol. The minimum atomic E-state index is -0.597. The molecule has 2 aromatic rings. The molecule has 0 aliphatic heterocycles. The maximum Gasteiger partial charge on any atom is 0.180 e. The van der Waals surface area contributed by atoms with Crippen LogP contribution in [0.15, 0.2) is 24.3 Å². The number of hydrogen-bond donors (Lipinski definition) is 2. The lowest BCUT2D eigenvalue weighted by atomic mass is 9.78. The number of hydrogen-bond acceptors (Lipinski definition) is 4. The van der Waals surface area contributed by atoms with Gasteiger partial charge in [-0.25, -0.2) is 4.98 Å². The van der Waals surface area contributed by atoms with E-state index in [1.54, 1.807) is 0 Å². The second-order valence-corrected chi connectivity index (χ2v) is 6.15. The van der Waals surface area contributed by atoms with Crippen LogP contribution in [-0.4, -0.2) is 4.98 Å². The maximum absolute atomic E-state index is 6.61. The first-order chi connectivity index (χ1) is 8.61. The van der Waals surface area contributed by atoms with Gasteiger partial charge in [0.25, 0.3) is 0 Å². The Balaban J connectivity index is 2.19. The molecular weight excluding hydrogens is 266 g/mol. The first kappa shape index (κ1) is 12.0. The van der Waals surface area contributed by atoms with Crippen molar-refractivity contribution in [2.75, 3.05) is 5.73 Å². The van der Waals surface area contributed by atoms with Crippen LogP contribution < -0.4 is 11.5 Å². The van der Waals surface area contributed by atoms with Crippen molar-refractivity contribution in [1.29, 1.82) is 0 Å². The summed E-state index contributed by atoms with van der Waals surface area (Å²) in [5.74, 6) is 0. The van der Waals surface area contributed by atoms with Crippen LogP contribution in [0.4, 0.5) is 5.13 Å². The predicted octanol–water partition coefficient (Wildman–Crippen LogP) is 2.92. The quantitative estimate of drug-likeness (QED) is 0.843. The molecule has 0 saturated carbocycles. The number of thiazole rings is 1. The van der Waals surface area contributed by atoms with Crippen LogP contribution in [0.3, 0.4) is 0 Å². The molecule has 1 aromatic carbocycles. The first-order valence-electron chi connectivity index (χ1n) is 5.91. The normalized spacial score (nSPS) is 22.8. The summed E-state index contributed by atoms with van der Waals surface area (Å²) in [6, 6.07) is 7.72. The van der Waals surface area contributed by atoms with Crippen molar-refractivity contribution in [3.8, 4) is 0 Å². The third-order valence-corrected chi connectivity index (χ3v) is 4.74. The zero-order chi connectivity index (χ0) is 12.8. The Hall–Kier alpha value is -1.10. The molecule has 0 saturated heterocycles. The van der Waals surface area contributed by atoms with Crippen molar-refractivity contribution in [2.45, 2.75) is 24.8 Å². The molecule has 5 heteroatoms. The van der Waals surface area contributed by atoms with Gasteiger partial charge >= 0.3 is 0 Å². The van der Waals surface area contributed by atoms with Gasteiger partial charge in [0.2, 0.25) is 0 Å². The molecule has 3 rings (SSSR count). The monoisotopic (exact) mass is 279 g/mol. The molecule has 1 aliphatic carbocycles. The largest absolute Gasteiger partial charge is 0.375 e. The van der Waals surface area contributed by atoms with E-state index in [1.165, 1.54) is 16.2 Å². The molecule has 94 valence electrons. The number of anilines is 1. The highest BCUT2D eigenvalue weighted by molar-refractivity contribution is 7.15. The van der Waals surface area contributed by atoms with Crippen molar-refractivity contribution in [1.82, 2.24) is 4.98 Å². The molecule has 0 fully saturated rings. The summed E-state index contributed by atoms with van der Waals surface area (Å²) >= 11 is 7.82. The van der Waals surface area contributed by atoms with Crippen LogP contribution in [0, 0.1) is 0 Å². The van der Waals surface area contributed by atoms with Gasteiger partial charge in [-0.3, -0.25) is 0 Å². The number of halogens is 1. The molecule has 3 nitrogen and oxygen atoms in total. The Morgan fingerprint density at radius 3 is 2.89 bits per heavy atom. The number of nitrogens with two attached hydrogens (primary N) is 2. The molecule has 1 aliphatic rings. The van der Waals surface area contributed by atoms with Gasteiger partial charge in [0, 0.05) is 9.90 Å². The van der Waals surface area contributed by atoms with Crippen molar-refractivity contribution >= 4 is 28.1 Å². The van der Waals surface area contributed by atoms with Crippen LogP contribution in [-0.2, 0) is 12.0 Å². The molecule has 1 aromatic heterocycles. The van der Waals surface area contributed by atoms with Crippen LogP contribution in [0.5, 0.6) is 0 Å². The Labute approximate surface area is 115 Å². The van der Waals surface area contributed by atoms with E-state index in [1.807, 2.05) is 24.3 Å². The zero-order valence-corrected chi connectivity index (χ0v) is 11.4. The standard InChI is InChI=1S/C13H14ClN3S/c14-9-5-2-1-4-8(9)13(16)7-3-6-10-11(13)17-12(15)18-10/h1-2,4-5H,3,6-7,16H2,(H2,15,17). The van der Waals surface area contributed by atoms with Gasteiger partial charge in [0.15, 0.2) is 5.13 Å². The van der Waals surface area contributed by atoms with E-state index in [2.05, 4.69) is 4.98 Å². The highest BCUT2D eigenvalue weighted by Gasteiger charge is 2.38. The van der Waals surface area contributed by atoms with Gasteiger partial charge in [-0.05, 0) is 30.9 Å². The zero-order valence-electron chi connectivity index (χ0n) is 9.82. The number of fused-ring (bicyclic) bond motifs is 1. The average Bonchev–Trinajstić information content (AvgIpc) is 2.72. The summed E-state index contributed by atoms with van der Waals surface area (Å²) < 4.78 is 0. The summed E-state index contributed by atoms with van der Waals surface area (Å²) in [6.45, 7) is 0. The summed E-state index contributed by atoms with van der Waals surface area (Å²) in [6.07, 6.45) is 2.90. The number of aromatic nitrogens is 1. The number of benzene rings is 1. The highest BCUT2D eigenvalue weighted by Crippen LogP contribution is 2.43. The van der Waals surface area contributed by atoms with E-state index < -0.39 is 5.54 Å². The van der Waals surface area contributed by atoms with Gasteiger partial charge in [0.1, 0.15) is 0 Å². The smallest absolute Gasteiger partial charge is 0.180 e. The molecule has 1 atom stereocenters. The fourth-order valence-corrected chi connectivity index (χ4v) is 3.88. The van der Waals surface area contributed by atoms with Gasteiger partial charge in [-0.2, -0.15) is 0 Å². The maximum atomic E-state index is 6.61. The van der Waals surface area contributed by atoms with Crippen molar-refractivity contribution in [2.24, 2.45) is 5.73 Å². The van der Waals surface area contributed by atoms with Gasteiger partial charge in [0.05, 0.1) is 11.2 Å². The van der Waals surface area contributed by atoms with Crippen molar-refractivity contribution in [3.63, 3.8) is 0 Å². The Morgan fingerprint density at radius 2 is 2.11 bits per heavy atom. The Bertz CT molecular complexity index is 596. The second-order valence-electron chi connectivity index (χ2n) is 4.63. The third kappa shape index (κ3) is 1.72. The molecule has 0 bridgehead atoms. The molecule has 4 N–H and O–H groups in total. The van der Waals surface area contributed by atoms with Gasteiger partial charge in [-0.15, -0.1) is 11.3 Å². The Kier molecular flexibility index (Phi) is 2.81. The van der Waals surface area contributed by atoms with Crippen LogP contribution >= 0.6 is 22.9 Å². The van der Waals surface area contributed by atoms with Crippen LogP contribution in [0.25, 0.3) is 0 Å². The molecule has 0 spiro atoms. The summed E-state index contributed by atoms with van der Waals surface area (Å²) in [5.41, 5.74) is 13.7. The minimum Gasteiger partial charge on any atom is -0.375 e. The molecule has 18 heavy (non-hydrogen) atoms. The van der Waals surface area contributed by atoms with Gasteiger partial charge < -0.3 is 11.5 Å². The summed E-state index contributed by atoms with van der Waals surface area (Å²) in [4.78, 5) is 5.63. The highest BCUT2D eigenvalue weighted by atomic mass is 35.5. The first-order valence-corrected chi connectivity index (χ1v) is 7.10. The Morgan fingerprint density at radius 1 is 1.33 bits per heavy atom. The lowest BCUT2D eigenvalue weighted by molar-refractivity contribution is 0.435. The molecular formula is C13H14ClN3S. The minimum absolute atomic E-state index is 0.587. The van der Waals surface area contributed by atoms with Crippen LogP contribution in [0.2, 0.25) is 5.02 Å². The fraction of sp³-hybridized carbons (Fsp3) is 0.308. The van der Waals surface area contributed by atoms with E-state index in [-0.39, 0.29) is 0 Å². The van der Waals surface area contributed by atoms with E-state index in [0.29, 0.717) is 10.2 Å². The topological polar surface area (TPSA) is 64.9 Å². The van der Waals surface area contributed by atoms with E-state index in [4.69, 9.17) is 23.1 Å². The molecule has 0 radical (unpaired) electrons. The van der Waals surface area contributed by atoms with E-state index in [9.17, 15) is 0 Å². The number of nitrogens with zero attached hydrogens (tertiary/aromatic N) is 1.